The van der Waals surface area contributed by atoms with E-state index in [2.05, 4.69) is 4.72 Å². The fraction of sp³-hybridized carbons (Fsp3) is 0.412. The standard InChI is InChI=1S/C17H24N2O3S/c1-4-17(18,5-2)12-19-23(20,21)16-11-10-15(22-3)13-8-6-7-9-14(13)16/h6-11,19H,4-5,12,18H2,1-3H3. The molecule has 0 aliphatic heterocycles. The van der Waals surface area contributed by atoms with E-state index in [1.54, 1.807) is 25.3 Å². The van der Waals surface area contributed by atoms with E-state index in [1.807, 2.05) is 32.0 Å². The van der Waals surface area contributed by atoms with Crippen LogP contribution < -0.4 is 15.2 Å². The van der Waals surface area contributed by atoms with Crippen LogP contribution in [0.5, 0.6) is 5.75 Å². The van der Waals surface area contributed by atoms with Crippen molar-refractivity contribution in [2.24, 2.45) is 5.73 Å². The lowest BCUT2D eigenvalue weighted by atomic mass is 9.95. The van der Waals surface area contributed by atoms with Crippen LogP contribution in [-0.2, 0) is 10.0 Å². The Bertz CT molecular complexity index is 784. The van der Waals surface area contributed by atoms with E-state index in [4.69, 9.17) is 10.5 Å². The predicted octanol–water partition coefficient (Wildman–Crippen LogP) is 2.64. The van der Waals surface area contributed by atoms with Crippen molar-refractivity contribution in [1.29, 1.82) is 0 Å². The second-order valence-electron chi connectivity index (χ2n) is 5.71. The van der Waals surface area contributed by atoms with Gasteiger partial charge in [-0.2, -0.15) is 0 Å². The predicted molar refractivity (Wildman–Crippen MR) is 93.2 cm³/mol. The molecule has 2 aromatic carbocycles. The molecule has 6 heteroatoms. The van der Waals surface area contributed by atoms with Crippen LogP contribution in [0.1, 0.15) is 26.7 Å². The summed E-state index contributed by atoms with van der Waals surface area (Å²) in [5.74, 6) is 0.648. The first-order valence-corrected chi connectivity index (χ1v) is 9.19. The number of rotatable bonds is 7. The van der Waals surface area contributed by atoms with Crippen LogP contribution in [0, 0.1) is 0 Å². The highest BCUT2D eigenvalue weighted by atomic mass is 32.2. The van der Waals surface area contributed by atoms with E-state index >= 15 is 0 Å². The molecule has 0 fully saturated rings. The zero-order chi connectivity index (χ0) is 17.1. The molecule has 0 unspecified atom stereocenters. The lowest BCUT2D eigenvalue weighted by molar-refractivity contribution is 0.392. The van der Waals surface area contributed by atoms with Crippen molar-refractivity contribution in [3.05, 3.63) is 36.4 Å². The molecule has 0 aromatic heterocycles. The Morgan fingerprint density at radius 1 is 1.09 bits per heavy atom. The summed E-state index contributed by atoms with van der Waals surface area (Å²) in [5, 5.41) is 1.40. The van der Waals surface area contributed by atoms with Gasteiger partial charge in [0.15, 0.2) is 0 Å². The molecule has 2 aromatic rings. The van der Waals surface area contributed by atoms with Gasteiger partial charge in [-0.1, -0.05) is 38.1 Å². The highest BCUT2D eigenvalue weighted by Gasteiger charge is 2.25. The van der Waals surface area contributed by atoms with E-state index in [1.165, 1.54) is 0 Å². The molecular weight excluding hydrogens is 312 g/mol. The quantitative estimate of drug-likeness (QED) is 0.814. The molecule has 0 heterocycles. The SMILES string of the molecule is CCC(N)(CC)CNS(=O)(=O)c1ccc(OC)c2ccccc12. The lowest BCUT2D eigenvalue weighted by Crippen LogP contribution is -2.49. The van der Waals surface area contributed by atoms with Gasteiger partial charge in [0, 0.05) is 22.9 Å². The van der Waals surface area contributed by atoms with Gasteiger partial charge in [0.05, 0.1) is 12.0 Å². The van der Waals surface area contributed by atoms with Crippen molar-refractivity contribution in [3.8, 4) is 5.75 Å². The Labute approximate surface area is 137 Å². The molecule has 0 saturated carbocycles. The van der Waals surface area contributed by atoms with Crippen molar-refractivity contribution in [2.45, 2.75) is 37.1 Å². The zero-order valence-corrected chi connectivity index (χ0v) is 14.6. The maximum absolute atomic E-state index is 12.7. The molecule has 0 saturated heterocycles. The summed E-state index contributed by atoms with van der Waals surface area (Å²) < 4.78 is 33.4. The third-order valence-corrected chi connectivity index (χ3v) is 5.84. The molecule has 0 spiro atoms. The molecule has 0 aliphatic carbocycles. The first kappa shape index (κ1) is 17.7. The Morgan fingerprint density at radius 2 is 1.70 bits per heavy atom. The molecule has 126 valence electrons. The normalized spacial score (nSPS) is 12.5. The molecule has 0 aliphatic rings. The Morgan fingerprint density at radius 3 is 2.26 bits per heavy atom. The summed E-state index contributed by atoms with van der Waals surface area (Å²) in [4.78, 5) is 0.239. The highest BCUT2D eigenvalue weighted by molar-refractivity contribution is 7.89. The maximum Gasteiger partial charge on any atom is 0.241 e. The molecule has 23 heavy (non-hydrogen) atoms. The Hall–Kier alpha value is -1.63. The number of benzene rings is 2. The average Bonchev–Trinajstić information content (AvgIpc) is 2.58. The van der Waals surface area contributed by atoms with Gasteiger partial charge in [-0.15, -0.1) is 0 Å². The molecule has 0 amide bonds. The smallest absolute Gasteiger partial charge is 0.241 e. The minimum Gasteiger partial charge on any atom is -0.496 e. The van der Waals surface area contributed by atoms with E-state index in [-0.39, 0.29) is 11.4 Å². The first-order chi connectivity index (χ1) is 10.9. The number of ether oxygens (including phenoxy) is 1. The van der Waals surface area contributed by atoms with Gasteiger partial charge in [-0.25, -0.2) is 13.1 Å². The van der Waals surface area contributed by atoms with Crippen LogP contribution in [0.15, 0.2) is 41.3 Å². The maximum atomic E-state index is 12.7. The second kappa shape index (κ2) is 6.86. The highest BCUT2D eigenvalue weighted by Crippen LogP contribution is 2.30. The van der Waals surface area contributed by atoms with E-state index in [9.17, 15) is 8.42 Å². The largest absolute Gasteiger partial charge is 0.496 e. The van der Waals surface area contributed by atoms with Gasteiger partial charge in [-0.3, -0.25) is 0 Å². The third kappa shape index (κ3) is 3.65. The minimum absolute atomic E-state index is 0.211. The summed E-state index contributed by atoms with van der Waals surface area (Å²) in [6.07, 6.45) is 1.41. The number of nitrogens with one attached hydrogen (secondary N) is 1. The van der Waals surface area contributed by atoms with Crippen molar-refractivity contribution in [1.82, 2.24) is 4.72 Å². The summed E-state index contributed by atoms with van der Waals surface area (Å²) in [7, 11) is -2.08. The fourth-order valence-electron chi connectivity index (χ4n) is 2.47. The van der Waals surface area contributed by atoms with Crippen LogP contribution in [-0.4, -0.2) is 27.6 Å². The lowest BCUT2D eigenvalue weighted by Gasteiger charge is -2.26. The van der Waals surface area contributed by atoms with Gasteiger partial charge in [0.25, 0.3) is 0 Å². The molecule has 0 radical (unpaired) electrons. The number of sulfonamides is 1. The number of fused-ring (bicyclic) bond motifs is 1. The monoisotopic (exact) mass is 336 g/mol. The minimum atomic E-state index is -3.65. The van der Waals surface area contributed by atoms with Gasteiger partial charge in [0.2, 0.25) is 10.0 Å². The van der Waals surface area contributed by atoms with Gasteiger partial charge in [0.1, 0.15) is 5.75 Å². The van der Waals surface area contributed by atoms with E-state index < -0.39 is 15.6 Å². The first-order valence-electron chi connectivity index (χ1n) is 7.71. The molecule has 0 atom stereocenters. The summed E-state index contributed by atoms with van der Waals surface area (Å²) in [6.45, 7) is 4.13. The molecule has 3 N–H and O–H groups in total. The van der Waals surface area contributed by atoms with E-state index in [0.717, 1.165) is 5.39 Å². The second-order valence-corrected chi connectivity index (χ2v) is 7.44. The molecular formula is C17H24N2O3S. The van der Waals surface area contributed by atoms with Crippen molar-refractivity contribution in [3.63, 3.8) is 0 Å². The van der Waals surface area contributed by atoms with Crippen molar-refractivity contribution < 1.29 is 13.2 Å². The van der Waals surface area contributed by atoms with Crippen molar-refractivity contribution >= 4 is 20.8 Å². The zero-order valence-electron chi connectivity index (χ0n) is 13.8. The molecule has 0 bridgehead atoms. The van der Waals surface area contributed by atoms with Crippen LogP contribution >= 0.6 is 0 Å². The number of nitrogens with two attached hydrogens (primary N) is 1. The van der Waals surface area contributed by atoms with E-state index in [0.29, 0.717) is 24.0 Å². The van der Waals surface area contributed by atoms with Crippen LogP contribution in [0.3, 0.4) is 0 Å². The van der Waals surface area contributed by atoms with Crippen LogP contribution in [0.2, 0.25) is 0 Å². The molecule has 2 rings (SSSR count). The number of methoxy groups -OCH3 is 1. The van der Waals surface area contributed by atoms with Crippen LogP contribution in [0.25, 0.3) is 10.8 Å². The van der Waals surface area contributed by atoms with Gasteiger partial charge in [-0.05, 0) is 25.0 Å². The van der Waals surface area contributed by atoms with Crippen LogP contribution in [0.4, 0.5) is 0 Å². The topological polar surface area (TPSA) is 81.4 Å². The summed E-state index contributed by atoms with van der Waals surface area (Å²) in [6, 6.07) is 10.5. The summed E-state index contributed by atoms with van der Waals surface area (Å²) >= 11 is 0. The number of hydrogen-bond donors (Lipinski definition) is 2. The van der Waals surface area contributed by atoms with Gasteiger partial charge >= 0.3 is 0 Å². The fourth-order valence-corrected chi connectivity index (χ4v) is 3.82. The van der Waals surface area contributed by atoms with Gasteiger partial charge < -0.3 is 10.5 Å². The van der Waals surface area contributed by atoms with Crippen molar-refractivity contribution in [2.75, 3.05) is 13.7 Å². The molecule has 5 nitrogen and oxygen atoms in total. The third-order valence-electron chi connectivity index (χ3n) is 4.38. The summed E-state index contributed by atoms with van der Waals surface area (Å²) in [5.41, 5.74) is 5.66. The average molecular weight is 336 g/mol. The number of hydrogen-bond acceptors (Lipinski definition) is 4. The Kier molecular flexibility index (Phi) is 5.29. The Balaban J connectivity index is 2.43.